The standard InChI is InChI=1S/C11H8O4/c1-3-6-4-7-9(8(5-6)14-2)11(13)15-10(7)12/h3-5H,1H2,2H3. The van der Waals surface area contributed by atoms with E-state index in [0.29, 0.717) is 11.3 Å². The predicted molar refractivity (Wildman–Crippen MR) is 52.8 cm³/mol. The van der Waals surface area contributed by atoms with Gasteiger partial charge >= 0.3 is 11.9 Å². The third-order valence-corrected chi connectivity index (χ3v) is 2.19. The smallest absolute Gasteiger partial charge is 0.350 e. The van der Waals surface area contributed by atoms with E-state index >= 15 is 0 Å². The van der Waals surface area contributed by atoms with Gasteiger partial charge in [-0.05, 0) is 17.7 Å². The van der Waals surface area contributed by atoms with Gasteiger partial charge in [-0.15, -0.1) is 0 Å². The number of ether oxygens (including phenoxy) is 2. The number of rotatable bonds is 2. The Balaban J connectivity index is 2.73. The lowest BCUT2D eigenvalue weighted by atomic mass is 10.0. The molecule has 76 valence electrons. The van der Waals surface area contributed by atoms with Gasteiger partial charge in [0.25, 0.3) is 0 Å². The Morgan fingerprint density at radius 3 is 2.67 bits per heavy atom. The molecule has 0 radical (unpaired) electrons. The van der Waals surface area contributed by atoms with Crippen molar-refractivity contribution in [3.63, 3.8) is 0 Å². The molecule has 1 aliphatic heterocycles. The van der Waals surface area contributed by atoms with Gasteiger partial charge < -0.3 is 9.47 Å². The minimum atomic E-state index is -0.664. The summed E-state index contributed by atoms with van der Waals surface area (Å²) in [6, 6.07) is 3.18. The summed E-state index contributed by atoms with van der Waals surface area (Å²) in [5, 5.41) is 0. The van der Waals surface area contributed by atoms with Crippen LogP contribution in [0.5, 0.6) is 5.75 Å². The lowest BCUT2D eigenvalue weighted by molar-refractivity contribution is 0.0443. The molecule has 0 atom stereocenters. The van der Waals surface area contributed by atoms with Crippen LogP contribution in [0.4, 0.5) is 0 Å². The second-order valence-corrected chi connectivity index (χ2v) is 3.03. The monoisotopic (exact) mass is 204 g/mol. The van der Waals surface area contributed by atoms with Crippen molar-refractivity contribution in [2.45, 2.75) is 0 Å². The molecule has 0 saturated heterocycles. The Morgan fingerprint density at radius 2 is 2.07 bits per heavy atom. The van der Waals surface area contributed by atoms with E-state index in [2.05, 4.69) is 11.3 Å². The average Bonchev–Trinajstić information content (AvgIpc) is 2.53. The van der Waals surface area contributed by atoms with Crippen molar-refractivity contribution in [2.24, 2.45) is 0 Å². The maximum absolute atomic E-state index is 11.3. The molecule has 1 aromatic rings. The Morgan fingerprint density at radius 1 is 1.33 bits per heavy atom. The highest BCUT2D eigenvalue weighted by Crippen LogP contribution is 2.30. The molecule has 0 N–H and O–H groups in total. The van der Waals surface area contributed by atoms with Crippen molar-refractivity contribution >= 4 is 18.0 Å². The lowest BCUT2D eigenvalue weighted by Gasteiger charge is -2.04. The van der Waals surface area contributed by atoms with Crippen molar-refractivity contribution in [3.8, 4) is 5.75 Å². The molecule has 0 bridgehead atoms. The number of benzene rings is 1. The summed E-state index contributed by atoms with van der Waals surface area (Å²) in [7, 11) is 1.43. The third-order valence-electron chi connectivity index (χ3n) is 2.19. The molecule has 0 fully saturated rings. The van der Waals surface area contributed by atoms with Crippen molar-refractivity contribution in [1.29, 1.82) is 0 Å². The molecule has 4 nitrogen and oxygen atoms in total. The normalized spacial score (nSPS) is 13.4. The van der Waals surface area contributed by atoms with E-state index in [-0.39, 0.29) is 11.1 Å². The largest absolute Gasteiger partial charge is 0.496 e. The first-order chi connectivity index (χ1) is 7.17. The van der Waals surface area contributed by atoms with Crippen LogP contribution < -0.4 is 4.74 Å². The number of methoxy groups -OCH3 is 1. The highest BCUT2D eigenvalue weighted by Gasteiger charge is 2.33. The molecule has 2 rings (SSSR count). The van der Waals surface area contributed by atoms with Gasteiger partial charge in [0.2, 0.25) is 0 Å². The Bertz CT molecular complexity index is 474. The summed E-state index contributed by atoms with van der Waals surface area (Å²) < 4.78 is 9.50. The summed E-state index contributed by atoms with van der Waals surface area (Å²) in [5.74, 6) is -0.974. The summed E-state index contributed by atoms with van der Waals surface area (Å²) in [5.41, 5.74) is 1.12. The molecule has 4 heteroatoms. The number of cyclic esters (lactones) is 2. The van der Waals surface area contributed by atoms with E-state index in [1.165, 1.54) is 7.11 Å². The fourth-order valence-corrected chi connectivity index (χ4v) is 1.48. The summed E-state index contributed by atoms with van der Waals surface area (Å²) in [6.45, 7) is 3.58. The Hall–Kier alpha value is -2.10. The van der Waals surface area contributed by atoms with E-state index in [0.717, 1.165) is 0 Å². The van der Waals surface area contributed by atoms with Gasteiger partial charge in [-0.1, -0.05) is 12.7 Å². The van der Waals surface area contributed by atoms with Crippen LogP contribution in [-0.4, -0.2) is 19.0 Å². The molecule has 0 unspecified atom stereocenters. The van der Waals surface area contributed by atoms with E-state index in [4.69, 9.17) is 4.74 Å². The van der Waals surface area contributed by atoms with Crippen LogP contribution in [-0.2, 0) is 4.74 Å². The zero-order chi connectivity index (χ0) is 11.0. The summed E-state index contributed by atoms with van der Waals surface area (Å²) >= 11 is 0. The van der Waals surface area contributed by atoms with E-state index in [1.807, 2.05) is 0 Å². The van der Waals surface area contributed by atoms with Crippen molar-refractivity contribution < 1.29 is 19.1 Å². The van der Waals surface area contributed by atoms with Crippen LogP contribution in [0.3, 0.4) is 0 Å². The van der Waals surface area contributed by atoms with Gasteiger partial charge in [0.05, 0.1) is 12.7 Å². The van der Waals surface area contributed by atoms with Crippen molar-refractivity contribution in [2.75, 3.05) is 7.11 Å². The highest BCUT2D eigenvalue weighted by atomic mass is 16.6. The summed E-state index contributed by atoms with van der Waals surface area (Å²) in [6.07, 6.45) is 1.57. The maximum atomic E-state index is 11.3. The second kappa shape index (κ2) is 3.24. The first-order valence-corrected chi connectivity index (χ1v) is 4.28. The van der Waals surface area contributed by atoms with Crippen LogP contribution in [0, 0.1) is 0 Å². The SMILES string of the molecule is C=Cc1cc(OC)c2c(c1)C(=O)OC2=O. The summed E-state index contributed by atoms with van der Waals surface area (Å²) in [4.78, 5) is 22.6. The fraction of sp³-hybridized carbons (Fsp3) is 0.0909. The minimum Gasteiger partial charge on any atom is -0.496 e. The number of fused-ring (bicyclic) bond motifs is 1. The molecule has 0 saturated carbocycles. The molecule has 0 aromatic heterocycles. The van der Waals surface area contributed by atoms with Gasteiger partial charge in [-0.25, -0.2) is 9.59 Å². The zero-order valence-electron chi connectivity index (χ0n) is 8.07. The van der Waals surface area contributed by atoms with Gasteiger partial charge in [0.1, 0.15) is 11.3 Å². The molecular formula is C11H8O4. The van der Waals surface area contributed by atoms with E-state index < -0.39 is 11.9 Å². The molecule has 15 heavy (non-hydrogen) atoms. The van der Waals surface area contributed by atoms with Crippen molar-refractivity contribution in [1.82, 2.24) is 0 Å². The molecule has 1 heterocycles. The first kappa shape index (κ1) is 9.45. The highest BCUT2D eigenvalue weighted by molar-refractivity contribution is 6.16. The van der Waals surface area contributed by atoms with E-state index in [9.17, 15) is 9.59 Å². The number of hydrogen-bond acceptors (Lipinski definition) is 4. The molecule has 0 amide bonds. The molecule has 0 aliphatic carbocycles. The van der Waals surface area contributed by atoms with Crippen LogP contribution >= 0.6 is 0 Å². The average molecular weight is 204 g/mol. The molecule has 1 aromatic carbocycles. The first-order valence-electron chi connectivity index (χ1n) is 4.28. The molecular weight excluding hydrogens is 196 g/mol. The van der Waals surface area contributed by atoms with Crippen LogP contribution in [0.25, 0.3) is 6.08 Å². The number of hydrogen-bond donors (Lipinski definition) is 0. The number of carbonyl (C=O) groups excluding carboxylic acids is 2. The minimum absolute atomic E-state index is 0.188. The van der Waals surface area contributed by atoms with Gasteiger partial charge in [0, 0.05) is 0 Å². The quantitative estimate of drug-likeness (QED) is 0.543. The van der Waals surface area contributed by atoms with Crippen LogP contribution in [0.2, 0.25) is 0 Å². The van der Waals surface area contributed by atoms with Crippen LogP contribution in [0.1, 0.15) is 26.3 Å². The Kier molecular flexibility index (Phi) is 2.04. The zero-order valence-corrected chi connectivity index (χ0v) is 8.07. The second-order valence-electron chi connectivity index (χ2n) is 3.03. The Labute approximate surface area is 86.1 Å². The van der Waals surface area contributed by atoms with Gasteiger partial charge in [-0.2, -0.15) is 0 Å². The fourth-order valence-electron chi connectivity index (χ4n) is 1.48. The maximum Gasteiger partial charge on any atom is 0.350 e. The number of carbonyl (C=O) groups is 2. The lowest BCUT2D eigenvalue weighted by Crippen LogP contribution is -1.98. The van der Waals surface area contributed by atoms with E-state index in [1.54, 1.807) is 18.2 Å². The number of esters is 2. The topological polar surface area (TPSA) is 52.6 Å². The predicted octanol–water partition coefficient (Wildman–Crippen LogP) is 1.65. The van der Waals surface area contributed by atoms with Gasteiger partial charge in [-0.3, -0.25) is 0 Å². The molecule has 0 spiro atoms. The van der Waals surface area contributed by atoms with Crippen LogP contribution in [0.15, 0.2) is 18.7 Å². The van der Waals surface area contributed by atoms with Gasteiger partial charge in [0.15, 0.2) is 0 Å². The van der Waals surface area contributed by atoms with Crippen molar-refractivity contribution in [3.05, 3.63) is 35.4 Å². The molecule has 1 aliphatic rings. The third kappa shape index (κ3) is 1.30.